The molecule has 1 fully saturated rings. The van der Waals surface area contributed by atoms with E-state index in [1.807, 2.05) is 6.92 Å². The molecule has 1 saturated heterocycles. The monoisotopic (exact) mass is 396 g/mol. The third-order valence-electron chi connectivity index (χ3n) is 4.40. The molecular formula is C17H22F2N6O3. The van der Waals surface area contributed by atoms with Crippen LogP contribution in [0.3, 0.4) is 0 Å². The molecule has 2 aromatic rings. The van der Waals surface area contributed by atoms with Gasteiger partial charge < -0.3 is 15.4 Å². The number of nitrogens with zero attached hydrogens (tertiary/aromatic N) is 4. The van der Waals surface area contributed by atoms with Crippen molar-refractivity contribution in [2.75, 3.05) is 18.5 Å². The van der Waals surface area contributed by atoms with Crippen LogP contribution in [0.2, 0.25) is 0 Å². The van der Waals surface area contributed by atoms with Crippen LogP contribution in [0, 0.1) is 6.92 Å². The van der Waals surface area contributed by atoms with Gasteiger partial charge in [0.25, 0.3) is 11.8 Å². The van der Waals surface area contributed by atoms with Gasteiger partial charge in [-0.3, -0.25) is 14.3 Å². The standard InChI is InChI=1S/C17H22F2N6O3/c1-3-24-9-13(14(23-24)16(27)20-8-11-5-4-6-28-11)21-15(26)12-7-10(2)25(22-12)17(18)19/h7,9,11,17H,3-6,8H2,1-2H3,(H,20,27)(H,21,26)/t11-/m0/s1. The molecule has 9 nitrogen and oxygen atoms in total. The summed E-state index contributed by atoms with van der Waals surface area (Å²) >= 11 is 0. The highest BCUT2D eigenvalue weighted by molar-refractivity contribution is 6.07. The number of hydrogen-bond donors (Lipinski definition) is 2. The fraction of sp³-hybridized carbons (Fsp3) is 0.529. The van der Waals surface area contributed by atoms with Crippen molar-refractivity contribution in [1.29, 1.82) is 0 Å². The fourth-order valence-electron chi connectivity index (χ4n) is 2.92. The van der Waals surface area contributed by atoms with Crippen LogP contribution in [-0.2, 0) is 11.3 Å². The van der Waals surface area contributed by atoms with Gasteiger partial charge in [-0.15, -0.1) is 0 Å². The maximum Gasteiger partial charge on any atom is 0.333 e. The number of carbonyl (C=O) groups excluding carboxylic acids is 2. The van der Waals surface area contributed by atoms with Gasteiger partial charge in [-0.25, -0.2) is 4.68 Å². The lowest BCUT2D eigenvalue weighted by Crippen LogP contribution is -2.32. The molecular weight excluding hydrogens is 374 g/mol. The molecule has 3 heterocycles. The Morgan fingerprint density at radius 2 is 2.14 bits per heavy atom. The van der Waals surface area contributed by atoms with E-state index in [1.54, 1.807) is 0 Å². The highest BCUT2D eigenvalue weighted by Crippen LogP contribution is 2.18. The topological polar surface area (TPSA) is 103 Å². The van der Waals surface area contributed by atoms with E-state index in [0.29, 0.717) is 24.4 Å². The van der Waals surface area contributed by atoms with Gasteiger partial charge in [-0.05, 0) is 32.8 Å². The predicted molar refractivity (Wildman–Crippen MR) is 95.4 cm³/mol. The Bertz CT molecular complexity index is 857. The van der Waals surface area contributed by atoms with E-state index in [1.165, 1.54) is 23.9 Å². The summed E-state index contributed by atoms with van der Waals surface area (Å²) in [6.07, 6.45) is 3.31. The van der Waals surface area contributed by atoms with Crippen molar-refractivity contribution in [3.8, 4) is 0 Å². The van der Waals surface area contributed by atoms with Gasteiger partial charge in [-0.1, -0.05) is 0 Å². The minimum absolute atomic E-state index is 0.0310. The van der Waals surface area contributed by atoms with Crippen LogP contribution in [0.5, 0.6) is 0 Å². The first-order valence-corrected chi connectivity index (χ1v) is 9.02. The third-order valence-corrected chi connectivity index (χ3v) is 4.40. The zero-order valence-electron chi connectivity index (χ0n) is 15.6. The summed E-state index contributed by atoms with van der Waals surface area (Å²) in [6.45, 7) is 1.93. The van der Waals surface area contributed by atoms with Crippen molar-refractivity contribution in [3.63, 3.8) is 0 Å². The summed E-state index contributed by atoms with van der Waals surface area (Å²) in [6, 6.07) is 1.25. The molecule has 152 valence electrons. The number of ether oxygens (including phenoxy) is 1. The number of hydrogen-bond acceptors (Lipinski definition) is 5. The zero-order valence-corrected chi connectivity index (χ0v) is 15.6. The average Bonchev–Trinajstić information content (AvgIpc) is 3.39. The van der Waals surface area contributed by atoms with Crippen LogP contribution in [-0.4, -0.2) is 50.6 Å². The second-order valence-electron chi connectivity index (χ2n) is 6.44. The highest BCUT2D eigenvalue weighted by atomic mass is 19.3. The molecule has 3 rings (SSSR count). The molecule has 0 unspecified atom stereocenters. The molecule has 28 heavy (non-hydrogen) atoms. The molecule has 2 N–H and O–H groups in total. The molecule has 0 saturated carbocycles. The number of anilines is 1. The summed E-state index contributed by atoms with van der Waals surface area (Å²) in [5, 5.41) is 13.1. The van der Waals surface area contributed by atoms with Crippen LogP contribution < -0.4 is 10.6 Å². The molecule has 11 heteroatoms. The molecule has 1 aliphatic heterocycles. The maximum atomic E-state index is 12.9. The largest absolute Gasteiger partial charge is 0.376 e. The van der Waals surface area contributed by atoms with Crippen LogP contribution in [0.25, 0.3) is 0 Å². The van der Waals surface area contributed by atoms with Crippen molar-refractivity contribution in [2.45, 2.75) is 45.9 Å². The molecule has 2 aromatic heterocycles. The molecule has 2 amide bonds. The van der Waals surface area contributed by atoms with Gasteiger partial charge in [0, 0.05) is 31.6 Å². The van der Waals surface area contributed by atoms with Gasteiger partial charge in [0.15, 0.2) is 11.4 Å². The van der Waals surface area contributed by atoms with Gasteiger partial charge in [0.2, 0.25) is 0 Å². The number of halogens is 2. The zero-order chi connectivity index (χ0) is 20.3. The molecule has 0 radical (unpaired) electrons. The summed E-state index contributed by atoms with van der Waals surface area (Å²) < 4.78 is 33.1. The minimum Gasteiger partial charge on any atom is -0.376 e. The van der Waals surface area contributed by atoms with E-state index < -0.39 is 18.4 Å². The van der Waals surface area contributed by atoms with E-state index >= 15 is 0 Å². The van der Waals surface area contributed by atoms with E-state index in [9.17, 15) is 18.4 Å². The summed E-state index contributed by atoms with van der Waals surface area (Å²) in [4.78, 5) is 24.9. The number of nitrogens with one attached hydrogen (secondary N) is 2. The van der Waals surface area contributed by atoms with E-state index in [0.717, 1.165) is 12.8 Å². The number of amides is 2. The first-order valence-electron chi connectivity index (χ1n) is 9.02. The van der Waals surface area contributed by atoms with Gasteiger partial charge >= 0.3 is 6.55 Å². The average molecular weight is 396 g/mol. The number of alkyl halides is 2. The summed E-state index contributed by atoms with van der Waals surface area (Å²) in [7, 11) is 0. The Labute approximate surface area is 160 Å². The van der Waals surface area contributed by atoms with Gasteiger partial charge in [0.1, 0.15) is 0 Å². The summed E-state index contributed by atoms with van der Waals surface area (Å²) in [5.41, 5.74) is 0.200. The maximum absolute atomic E-state index is 12.9. The minimum atomic E-state index is -2.84. The van der Waals surface area contributed by atoms with Crippen LogP contribution in [0.1, 0.15) is 53.0 Å². The first kappa shape index (κ1) is 19.9. The number of aryl methyl sites for hydroxylation is 2. The number of carbonyl (C=O) groups is 2. The summed E-state index contributed by atoms with van der Waals surface area (Å²) in [5.74, 6) is -1.15. The van der Waals surface area contributed by atoms with Gasteiger partial charge in [0.05, 0.1) is 11.8 Å². The lowest BCUT2D eigenvalue weighted by molar-refractivity contribution is 0.0540. The lowest BCUT2D eigenvalue weighted by Gasteiger charge is -2.10. The molecule has 0 bridgehead atoms. The van der Waals surface area contributed by atoms with Crippen molar-refractivity contribution in [3.05, 3.63) is 29.3 Å². The smallest absolute Gasteiger partial charge is 0.333 e. The first-order chi connectivity index (χ1) is 13.4. The fourth-order valence-corrected chi connectivity index (χ4v) is 2.92. The van der Waals surface area contributed by atoms with Gasteiger partial charge in [-0.2, -0.15) is 19.0 Å². The Balaban J connectivity index is 1.73. The molecule has 1 atom stereocenters. The lowest BCUT2D eigenvalue weighted by atomic mass is 10.2. The highest BCUT2D eigenvalue weighted by Gasteiger charge is 2.23. The van der Waals surface area contributed by atoms with Crippen molar-refractivity contribution < 1.29 is 23.1 Å². The molecule has 0 spiro atoms. The Hall–Kier alpha value is -2.82. The third kappa shape index (κ3) is 4.35. The quantitative estimate of drug-likeness (QED) is 0.745. The van der Waals surface area contributed by atoms with Crippen molar-refractivity contribution in [2.24, 2.45) is 0 Å². The van der Waals surface area contributed by atoms with Crippen molar-refractivity contribution in [1.82, 2.24) is 24.9 Å². The Kier molecular flexibility index (Phi) is 6.02. The molecule has 0 aromatic carbocycles. The Morgan fingerprint density at radius 3 is 2.75 bits per heavy atom. The van der Waals surface area contributed by atoms with Crippen LogP contribution in [0.4, 0.5) is 14.5 Å². The molecule has 1 aliphatic rings. The normalized spacial score (nSPS) is 16.5. The van der Waals surface area contributed by atoms with Crippen LogP contribution in [0.15, 0.2) is 12.3 Å². The predicted octanol–water partition coefficient (Wildman–Crippen LogP) is 1.96. The van der Waals surface area contributed by atoms with Crippen LogP contribution >= 0.6 is 0 Å². The second kappa shape index (κ2) is 8.46. The number of rotatable bonds is 7. The van der Waals surface area contributed by atoms with Crippen molar-refractivity contribution >= 4 is 17.5 Å². The number of aromatic nitrogens is 4. The Morgan fingerprint density at radius 1 is 1.36 bits per heavy atom. The second-order valence-corrected chi connectivity index (χ2v) is 6.44. The van der Waals surface area contributed by atoms with E-state index in [2.05, 4.69) is 20.8 Å². The SMILES string of the molecule is CCn1cc(NC(=O)c2cc(C)n(C(F)F)n2)c(C(=O)NC[C@@H]2CCCO2)n1. The molecule has 0 aliphatic carbocycles. The van der Waals surface area contributed by atoms with E-state index in [-0.39, 0.29) is 28.9 Å². The van der Waals surface area contributed by atoms with E-state index in [4.69, 9.17) is 4.74 Å².